The van der Waals surface area contributed by atoms with E-state index in [2.05, 4.69) is 33.1 Å². The number of rotatable bonds is 0. The normalized spacial score (nSPS) is 55.5. The third-order valence-corrected chi connectivity index (χ3v) is 6.68. The van der Waals surface area contributed by atoms with Crippen molar-refractivity contribution in [1.82, 2.24) is 4.90 Å². The summed E-state index contributed by atoms with van der Waals surface area (Å²) in [6, 6.07) is 0.828. The highest BCUT2D eigenvalue weighted by atomic mass is 16.5. The first-order chi connectivity index (χ1) is 7.98. The van der Waals surface area contributed by atoms with E-state index in [1.807, 2.05) is 0 Å². The van der Waals surface area contributed by atoms with Crippen molar-refractivity contribution in [1.29, 1.82) is 0 Å². The zero-order chi connectivity index (χ0) is 11.9. The van der Waals surface area contributed by atoms with Crippen LogP contribution in [-0.2, 0) is 4.74 Å². The van der Waals surface area contributed by atoms with Gasteiger partial charge in [-0.15, -0.1) is 0 Å². The van der Waals surface area contributed by atoms with Crippen LogP contribution in [0, 0.1) is 5.92 Å². The molecule has 4 atom stereocenters. The number of hydrogen-bond acceptors (Lipinski definition) is 2. The van der Waals surface area contributed by atoms with Crippen molar-refractivity contribution in [3.05, 3.63) is 0 Å². The van der Waals surface area contributed by atoms with Gasteiger partial charge in [-0.3, -0.25) is 4.90 Å². The molecule has 93 valence electrons. The molecular weight excluding hydrogens is 209 g/mol. The first kappa shape index (κ1) is 10.9. The smallest absolute Gasteiger partial charge is 0.125 e. The maximum Gasteiger partial charge on any atom is 0.125 e. The van der Waals surface area contributed by atoms with Crippen molar-refractivity contribution in [2.45, 2.75) is 61.7 Å². The van der Waals surface area contributed by atoms with Gasteiger partial charge in [0.15, 0.2) is 0 Å². The second kappa shape index (κ2) is 2.93. The number of hydrogen-bond donors (Lipinski definition) is 0. The summed E-state index contributed by atoms with van der Waals surface area (Å²) in [6.07, 6.45) is 5.59. The molecule has 4 rings (SSSR count). The number of likely N-dealkylation sites (N-methyl/N-ethyl adjacent to an activating group) is 1. The van der Waals surface area contributed by atoms with Crippen LogP contribution in [0.2, 0.25) is 10.6 Å². The number of fused-ring (bicyclic) bond motifs is 2. The minimum Gasteiger partial charge on any atom is -0.377 e. The van der Waals surface area contributed by atoms with E-state index < -0.39 is 0 Å². The van der Waals surface area contributed by atoms with Crippen LogP contribution in [0.15, 0.2) is 0 Å². The first-order valence-electron chi connectivity index (χ1n) is 7.16. The Morgan fingerprint density at radius 3 is 2.59 bits per heavy atom. The van der Waals surface area contributed by atoms with Gasteiger partial charge in [0.1, 0.15) is 7.28 Å². The molecule has 3 saturated heterocycles. The molecule has 2 nitrogen and oxygen atoms in total. The van der Waals surface area contributed by atoms with E-state index in [1.165, 1.54) is 25.7 Å². The fourth-order valence-electron chi connectivity index (χ4n) is 5.04. The van der Waals surface area contributed by atoms with Crippen molar-refractivity contribution in [3.63, 3.8) is 0 Å². The molecule has 0 aromatic rings. The molecule has 0 N–H and O–H groups in total. The highest BCUT2D eigenvalue weighted by molar-refractivity contribution is 6.59. The Bertz CT molecular complexity index is 369. The fraction of sp³-hybridized carbons (Fsp3) is 1.00. The molecule has 1 radical (unpaired) electrons. The van der Waals surface area contributed by atoms with Crippen LogP contribution in [-0.4, -0.2) is 44.0 Å². The van der Waals surface area contributed by atoms with Crippen molar-refractivity contribution in [2.75, 3.05) is 20.3 Å². The summed E-state index contributed by atoms with van der Waals surface area (Å²) in [5.41, 5.74) is 0.425. The minimum atomic E-state index is 0.425. The van der Waals surface area contributed by atoms with E-state index >= 15 is 0 Å². The molecule has 0 aromatic carbocycles. The maximum absolute atomic E-state index is 5.50. The molecule has 0 amide bonds. The summed E-state index contributed by atoms with van der Waals surface area (Å²) in [4.78, 5) is 2.68. The van der Waals surface area contributed by atoms with Crippen molar-refractivity contribution in [3.8, 4) is 0 Å². The SMILES string of the molecule is CN1C2CCC3(C)[B]C3(C)CC2CC12COC2. The minimum absolute atomic E-state index is 0.425. The second-order valence-corrected chi connectivity index (χ2v) is 7.58. The Kier molecular flexibility index (Phi) is 1.87. The largest absolute Gasteiger partial charge is 0.377 e. The second-order valence-electron chi connectivity index (χ2n) is 7.58. The van der Waals surface area contributed by atoms with Crippen LogP contribution in [0.3, 0.4) is 0 Å². The van der Waals surface area contributed by atoms with E-state index in [4.69, 9.17) is 4.74 Å². The molecule has 3 heterocycles. The molecule has 4 fully saturated rings. The topological polar surface area (TPSA) is 12.5 Å². The molecule has 0 bridgehead atoms. The Hall–Kier alpha value is -0.0151. The molecule has 3 heteroatoms. The van der Waals surface area contributed by atoms with Crippen molar-refractivity contribution < 1.29 is 4.74 Å². The predicted octanol–water partition coefficient (Wildman–Crippen LogP) is 2.33. The molecule has 0 aromatic heterocycles. The van der Waals surface area contributed by atoms with E-state index in [-0.39, 0.29) is 0 Å². The number of likely N-dealkylation sites (tertiary alicyclic amines) is 1. The van der Waals surface area contributed by atoms with Gasteiger partial charge in [0, 0.05) is 6.04 Å². The van der Waals surface area contributed by atoms with Crippen molar-refractivity contribution >= 4 is 7.28 Å². The van der Waals surface area contributed by atoms with E-state index in [0.29, 0.717) is 16.2 Å². The average Bonchev–Trinajstić information content (AvgIpc) is 2.62. The van der Waals surface area contributed by atoms with Crippen LogP contribution < -0.4 is 0 Å². The lowest BCUT2D eigenvalue weighted by Gasteiger charge is -2.45. The Morgan fingerprint density at radius 1 is 1.18 bits per heavy atom. The van der Waals surface area contributed by atoms with Gasteiger partial charge >= 0.3 is 0 Å². The van der Waals surface area contributed by atoms with Crippen LogP contribution in [0.1, 0.15) is 39.5 Å². The standard InChI is InChI=1S/C14H23BNO/c1-12-5-4-11-10(6-13(12,2)15-12)7-14(16(11)3)8-17-9-14/h10-11H,4-9H2,1-3H3. The van der Waals surface area contributed by atoms with E-state index in [1.54, 1.807) is 0 Å². The van der Waals surface area contributed by atoms with E-state index in [9.17, 15) is 0 Å². The Balaban J connectivity index is 1.61. The molecule has 1 aliphatic carbocycles. The molecule has 1 spiro atoms. The monoisotopic (exact) mass is 232 g/mol. The zero-order valence-corrected chi connectivity index (χ0v) is 11.3. The van der Waals surface area contributed by atoms with Crippen LogP contribution >= 0.6 is 0 Å². The molecule has 3 aliphatic heterocycles. The lowest BCUT2D eigenvalue weighted by atomic mass is 9.76. The molecule has 4 unspecified atom stereocenters. The number of nitrogens with zero attached hydrogens (tertiary/aromatic N) is 1. The van der Waals surface area contributed by atoms with Gasteiger partial charge in [-0.25, -0.2) is 0 Å². The number of ether oxygens (including phenoxy) is 1. The summed E-state index contributed by atoms with van der Waals surface area (Å²) in [7, 11) is 4.97. The quantitative estimate of drug-likeness (QED) is 0.594. The summed E-state index contributed by atoms with van der Waals surface area (Å²) in [5.74, 6) is 0.912. The van der Waals surface area contributed by atoms with Gasteiger partial charge in [-0.05, 0) is 25.8 Å². The van der Waals surface area contributed by atoms with Gasteiger partial charge in [0.05, 0.1) is 18.8 Å². The summed E-state index contributed by atoms with van der Waals surface area (Å²) in [6.45, 7) is 6.91. The highest BCUT2D eigenvalue weighted by Crippen LogP contribution is 2.76. The Labute approximate surface area is 105 Å². The van der Waals surface area contributed by atoms with Gasteiger partial charge in [0.2, 0.25) is 0 Å². The summed E-state index contributed by atoms with van der Waals surface area (Å²) >= 11 is 0. The molecule has 17 heavy (non-hydrogen) atoms. The zero-order valence-electron chi connectivity index (χ0n) is 11.3. The van der Waals surface area contributed by atoms with Gasteiger partial charge in [-0.1, -0.05) is 37.3 Å². The summed E-state index contributed by atoms with van der Waals surface area (Å²) < 4.78 is 5.50. The van der Waals surface area contributed by atoms with Crippen LogP contribution in [0.4, 0.5) is 0 Å². The lowest BCUT2D eigenvalue weighted by molar-refractivity contribution is -0.122. The van der Waals surface area contributed by atoms with E-state index in [0.717, 1.165) is 25.2 Å². The van der Waals surface area contributed by atoms with Crippen LogP contribution in [0.5, 0.6) is 0 Å². The van der Waals surface area contributed by atoms with Gasteiger partial charge < -0.3 is 4.74 Å². The Morgan fingerprint density at radius 2 is 1.94 bits per heavy atom. The van der Waals surface area contributed by atoms with Gasteiger partial charge in [0.25, 0.3) is 0 Å². The first-order valence-corrected chi connectivity index (χ1v) is 7.16. The van der Waals surface area contributed by atoms with Crippen molar-refractivity contribution in [2.24, 2.45) is 5.92 Å². The predicted molar refractivity (Wildman–Crippen MR) is 69.5 cm³/mol. The van der Waals surface area contributed by atoms with Crippen LogP contribution in [0.25, 0.3) is 0 Å². The van der Waals surface area contributed by atoms with Gasteiger partial charge in [-0.2, -0.15) is 0 Å². The third-order valence-electron chi connectivity index (χ3n) is 6.68. The summed E-state index contributed by atoms with van der Waals surface area (Å²) in [5, 5.41) is 1.10. The highest BCUT2D eigenvalue weighted by Gasteiger charge is 2.66. The lowest BCUT2D eigenvalue weighted by Crippen LogP contribution is -2.58. The fourth-order valence-corrected chi connectivity index (χ4v) is 5.04. The maximum atomic E-state index is 5.50. The third kappa shape index (κ3) is 1.20. The molecular formula is C14H23BNO. The average molecular weight is 232 g/mol. The molecule has 4 aliphatic rings. The molecule has 1 saturated carbocycles.